The number of halogens is 1. The van der Waals surface area contributed by atoms with E-state index in [0.29, 0.717) is 18.5 Å². The maximum absolute atomic E-state index is 11.9. The fourth-order valence-electron chi connectivity index (χ4n) is 2.40. The Bertz CT molecular complexity index is 268. The van der Waals surface area contributed by atoms with Gasteiger partial charge in [0.05, 0.1) is 6.54 Å². The second kappa shape index (κ2) is 6.03. The van der Waals surface area contributed by atoms with E-state index in [1.54, 1.807) is 0 Å². The Morgan fingerprint density at radius 2 is 2.12 bits per heavy atom. The van der Waals surface area contributed by atoms with Crippen LogP contribution in [-0.2, 0) is 4.79 Å². The average Bonchev–Trinajstić information content (AvgIpc) is 2.97. The molecule has 4 nitrogen and oxygen atoms in total. The van der Waals surface area contributed by atoms with Gasteiger partial charge in [-0.25, -0.2) is 0 Å². The molecule has 1 aliphatic carbocycles. The number of carbonyl (C=O) groups excluding carboxylic acids is 1. The highest BCUT2D eigenvalue weighted by Crippen LogP contribution is 2.26. The number of hydrogen-bond acceptors (Lipinski definition) is 3. The molecule has 0 aromatic carbocycles. The summed E-state index contributed by atoms with van der Waals surface area (Å²) < 4.78 is 0. The summed E-state index contributed by atoms with van der Waals surface area (Å²) in [4.78, 5) is 16.1. The maximum Gasteiger partial charge on any atom is 0.236 e. The zero-order valence-corrected chi connectivity index (χ0v) is 11.6. The number of carbonyl (C=O) groups is 1. The molecule has 2 unspecified atom stereocenters. The van der Waals surface area contributed by atoms with Gasteiger partial charge in [0.25, 0.3) is 0 Å². The van der Waals surface area contributed by atoms with Crippen LogP contribution in [0.5, 0.6) is 0 Å². The van der Waals surface area contributed by atoms with Crippen LogP contribution in [0.1, 0.15) is 26.2 Å². The Kier molecular flexibility index (Phi) is 5.22. The third kappa shape index (κ3) is 3.83. The van der Waals surface area contributed by atoms with Gasteiger partial charge in [-0.1, -0.05) is 0 Å². The predicted molar refractivity (Wildman–Crippen MR) is 71.2 cm³/mol. The van der Waals surface area contributed by atoms with Crippen LogP contribution in [0, 0.1) is 5.92 Å². The fourth-order valence-corrected chi connectivity index (χ4v) is 2.40. The molecule has 0 spiro atoms. The van der Waals surface area contributed by atoms with Gasteiger partial charge in [-0.3, -0.25) is 9.69 Å². The Morgan fingerprint density at radius 3 is 2.59 bits per heavy atom. The summed E-state index contributed by atoms with van der Waals surface area (Å²) in [6.07, 6.45) is 3.51. The van der Waals surface area contributed by atoms with Gasteiger partial charge in [0.15, 0.2) is 0 Å². The second-order valence-corrected chi connectivity index (χ2v) is 5.38. The lowest BCUT2D eigenvalue weighted by Gasteiger charge is -2.21. The second-order valence-electron chi connectivity index (χ2n) is 5.38. The molecule has 2 rings (SSSR count). The average molecular weight is 262 g/mol. The summed E-state index contributed by atoms with van der Waals surface area (Å²) in [6, 6.07) is 0.778. The van der Waals surface area contributed by atoms with Crippen LogP contribution in [-0.4, -0.2) is 54.5 Å². The predicted octanol–water partition coefficient (Wildman–Crippen LogP) is 0.698. The van der Waals surface area contributed by atoms with Crippen molar-refractivity contribution in [1.29, 1.82) is 0 Å². The molecule has 1 amide bonds. The minimum Gasteiger partial charge on any atom is -0.342 e. The third-order valence-corrected chi connectivity index (χ3v) is 3.90. The van der Waals surface area contributed by atoms with Crippen LogP contribution in [0.25, 0.3) is 0 Å². The number of amides is 1. The Balaban J connectivity index is 0.00000144. The molecule has 0 aromatic heterocycles. The van der Waals surface area contributed by atoms with E-state index in [1.165, 1.54) is 12.8 Å². The molecule has 1 saturated carbocycles. The molecule has 2 aliphatic rings. The molecule has 0 radical (unpaired) electrons. The van der Waals surface area contributed by atoms with E-state index in [2.05, 4.69) is 11.8 Å². The number of rotatable bonds is 4. The molecular formula is C12H24ClN3O. The first-order chi connectivity index (χ1) is 7.58. The highest BCUT2D eigenvalue weighted by atomic mass is 35.5. The van der Waals surface area contributed by atoms with Crippen LogP contribution in [0.4, 0.5) is 0 Å². The van der Waals surface area contributed by atoms with Gasteiger partial charge in [0.1, 0.15) is 0 Å². The van der Waals surface area contributed by atoms with Crippen molar-refractivity contribution < 1.29 is 4.79 Å². The van der Waals surface area contributed by atoms with E-state index >= 15 is 0 Å². The highest BCUT2D eigenvalue weighted by Gasteiger charge is 2.32. The number of likely N-dealkylation sites (tertiary alicyclic amines) is 1. The van der Waals surface area contributed by atoms with E-state index in [-0.39, 0.29) is 24.4 Å². The molecular weight excluding hydrogens is 238 g/mol. The fraction of sp³-hybridized carbons (Fsp3) is 0.917. The zero-order chi connectivity index (χ0) is 11.7. The van der Waals surface area contributed by atoms with Gasteiger partial charge < -0.3 is 10.6 Å². The van der Waals surface area contributed by atoms with Gasteiger partial charge >= 0.3 is 0 Å². The van der Waals surface area contributed by atoms with Gasteiger partial charge in [0, 0.05) is 25.7 Å². The standard InChI is InChI=1S/C12H23N3O.ClH/c1-9(13)10-5-6-15(7-10)8-12(16)14(2)11-3-4-11;/h9-11H,3-8,13H2,1-2H3;1H. The molecule has 2 atom stereocenters. The molecule has 2 fully saturated rings. The van der Waals surface area contributed by atoms with Crippen molar-refractivity contribution in [2.24, 2.45) is 11.7 Å². The van der Waals surface area contributed by atoms with E-state index in [9.17, 15) is 4.79 Å². The molecule has 0 bridgehead atoms. The minimum atomic E-state index is 0. The van der Waals surface area contributed by atoms with Crippen LogP contribution in [0.2, 0.25) is 0 Å². The molecule has 1 heterocycles. The third-order valence-electron chi connectivity index (χ3n) is 3.90. The van der Waals surface area contributed by atoms with E-state index in [0.717, 1.165) is 19.5 Å². The number of nitrogens with two attached hydrogens (primary N) is 1. The summed E-state index contributed by atoms with van der Waals surface area (Å²) in [5.41, 5.74) is 5.89. The van der Waals surface area contributed by atoms with Crippen LogP contribution >= 0.6 is 12.4 Å². The largest absolute Gasteiger partial charge is 0.342 e. The number of nitrogens with zero attached hydrogens (tertiary/aromatic N) is 2. The van der Waals surface area contributed by atoms with Crippen molar-refractivity contribution in [3.63, 3.8) is 0 Å². The van der Waals surface area contributed by atoms with Crippen molar-refractivity contribution in [2.45, 2.75) is 38.3 Å². The van der Waals surface area contributed by atoms with Crippen molar-refractivity contribution >= 4 is 18.3 Å². The summed E-state index contributed by atoms with van der Waals surface area (Å²) in [5.74, 6) is 0.840. The monoisotopic (exact) mass is 261 g/mol. The van der Waals surface area contributed by atoms with Gasteiger partial charge in [-0.2, -0.15) is 0 Å². The first-order valence-corrected chi connectivity index (χ1v) is 6.31. The lowest BCUT2D eigenvalue weighted by atomic mass is 10.0. The lowest BCUT2D eigenvalue weighted by molar-refractivity contribution is -0.131. The maximum atomic E-state index is 11.9. The Hall–Kier alpha value is -0.320. The SMILES string of the molecule is CC(N)C1CCN(CC(=O)N(C)C2CC2)C1.Cl. The van der Waals surface area contributed by atoms with Crippen molar-refractivity contribution in [3.05, 3.63) is 0 Å². The molecule has 17 heavy (non-hydrogen) atoms. The highest BCUT2D eigenvalue weighted by molar-refractivity contribution is 5.85. The molecule has 1 saturated heterocycles. The number of likely N-dealkylation sites (N-methyl/N-ethyl adjacent to an activating group) is 1. The van der Waals surface area contributed by atoms with Gasteiger partial charge in [-0.15, -0.1) is 12.4 Å². The smallest absolute Gasteiger partial charge is 0.236 e. The molecule has 2 N–H and O–H groups in total. The van der Waals surface area contributed by atoms with E-state index < -0.39 is 0 Å². The van der Waals surface area contributed by atoms with Gasteiger partial charge in [0.2, 0.25) is 5.91 Å². The lowest BCUT2D eigenvalue weighted by Crippen LogP contribution is -2.39. The zero-order valence-electron chi connectivity index (χ0n) is 10.8. The molecule has 1 aliphatic heterocycles. The van der Waals surface area contributed by atoms with Gasteiger partial charge in [-0.05, 0) is 38.6 Å². The minimum absolute atomic E-state index is 0. The molecule has 100 valence electrons. The normalized spacial score (nSPS) is 26.4. The summed E-state index contributed by atoms with van der Waals surface area (Å²) >= 11 is 0. The molecule has 5 heteroatoms. The van der Waals surface area contributed by atoms with Crippen molar-refractivity contribution in [3.8, 4) is 0 Å². The van der Waals surface area contributed by atoms with E-state index in [1.807, 2.05) is 11.9 Å². The summed E-state index contributed by atoms with van der Waals surface area (Å²) in [7, 11) is 1.93. The number of hydrogen-bond donors (Lipinski definition) is 1. The quantitative estimate of drug-likeness (QED) is 0.811. The summed E-state index contributed by atoms with van der Waals surface area (Å²) in [5, 5.41) is 0. The topological polar surface area (TPSA) is 49.6 Å². The van der Waals surface area contributed by atoms with E-state index in [4.69, 9.17) is 5.73 Å². The van der Waals surface area contributed by atoms with Crippen molar-refractivity contribution in [2.75, 3.05) is 26.7 Å². The summed E-state index contributed by atoms with van der Waals surface area (Å²) in [6.45, 7) is 4.65. The Morgan fingerprint density at radius 1 is 1.47 bits per heavy atom. The van der Waals surface area contributed by atoms with Crippen LogP contribution < -0.4 is 5.73 Å². The Labute approximate surface area is 110 Å². The van der Waals surface area contributed by atoms with Crippen molar-refractivity contribution in [1.82, 2.24) is 9.80 Å². The van der Waals surface area contributed by atoms with Crippen LogP contribution in [0.15, 0.2) is 0 Å². The first kappa shape index (κ1) is 14.7. The molecule has 0 aromatic rings. The van der Waals surface area contributed by atoms with Crippen LogP contribution in [0.3, 0.4) is 0 Å². The first-order valence-electron chi connectivity index (χ1n) is 6.31.